The molecule has 0 heterocycles. The summed E-state index contributed by atoms with van der Waals surface area (Å²) in [6.45, 7) is 2.46. The van der Waals surface area contributed by atoms with Crippen molar-refractivity contribution in [1.29, 1.82) is 10.5 Å². The Labute approximate surface area is 171 Å². The van der Waals surface area contributed by atoms with E-state index in [2.05, 4.69) is 0 Å². The molecule has 0 unspecified atom stereocenters. The fraction of sp³-hybridized carbons (Fsp3) is 0.286. The van der Waals surface area contributed by atoms with E-state index < -0.39 is 10.0 Å². The molecular weight excluding hydrogens is 388 g/mol. The van der Waals surface area contributed by atoms with Crippen molar-refractivity contribution < 1.29 is 13.2 Å². The molecule has 8 heteroatoms. The number of nitriles is 2. The van der Waals surface area contributed by atoms with E-state index in [1.807, 2.05) is 18.2 Å². The summed E-state index contributed by atoms with van der Waals surface area (Å²) >= 11 is 0. The molecule has 0 aliphatic carbocycles. The van der Waals surface area contributed by atoms with Crippen LogP contribution in [0.25, 0.3) is 0 Å². The molecule has 0 fully saturated rings. The summed E-state index contributed by atoms with van der Waals surface area (Å²) in [7, 11) is -3.77. The summed E-state index contributed by atoms with van der Waals surface area (Å²) in [5, 5.41) is 17.5. The van der Waals surface area contributed by atoms with Crippen LogP contribution in [0.15, 0.2) is 59.5 Å². The monoisotopic (exact) mass is 410 g/mol. The normalized spacial score (nSPS) is 10.6. The van der Waals surface area contributed by atoms with Gasteiger partial charge in [0, 0.05) is 25.2 Å². The highest BCUT2D eigenvalue weighted by molar-refractivity contribution is 7.92. The number of carbonyl (C=O) groups excluding carboxylic acids is 1. The third kappa shape index (κ3) is 5.34. The summed E-state index contributed by atoms with van der Waals surface area (Å²) < 4.78 is 27.3. The highest BCUT2D eigenvalue weighted by atomic mass is 32.2. The predicted molar refractivity (Wildman–Crippen MR) is 109 cm³/mol. The molecule has 2 rings (SSSR count). The number of hydrogen-bond donors (Lipinski definition) is 0. The molecule has 7 nitrogen and oxygen atoms in total. The van der Waals surface area contributed by atoms with Crippen molar-refractivity contribution in [3.63, 3.8) is 0 Å². The molecule has 2 aromatic rings. The molecule has 1 amide bonds. The standard InChI is InChI=1S/C21H22N4O3S/c1-2-25(19-8-4-3-5-9-19)29(27,28)20-12-10-18(11-13-20)21(26)24(16-6-14-22)17-7-15-23/h3-5,8-13H,2,6-7,16-17H2,1H3. The number of benzene rings is 2. The van der Waals surface area contributed by atoms with Crippen molar-refractivity contribution in [3.05, 3.63) is 60.2 Å². The van der Waals surface area contributed by atoms with Gasteiger partial charge in [-0.3, -0.25) is 9.10 Å². The van der Waals surface area contributed by atoms with Crippen molar-refractivity contribution in [1.82, 2.24) is 4.90 Å². The van der Waals surface area contributed by atoms with Crippen molar-refractivity contribution in [2.24, 2.45) is 0 Å². The number of sulfonamides is 1. The number of nitrogens with zero attached hydrogens (tertiary/aromatic N) is 4. The molecular formula is C21H22N4O3S. The van der Waals surface area contributed by atoms with Crippen LogP contribution in [0, 0.1) is 22.7 Å². The Bertz CT molecular complexity index is 989. The molecule has 0 N–H and O–H groups in total. The third-order valence-electron chi connectivity index (χ3n) is 4.29. The number of anilines is 1. The topological polar surface area (TPSA) is 105 Å². The van der Waals surface area contributed by atoms with E-state index in [4.69, 9.17) is 10.5 Å². The average Bonchev–Trinajstić information content (AvgIpc) is 2.74. The average molecular weight is 410 g/mol. The number of para-hydroxylation sites is 1. The molecule has 2 aromatic carbocycles. The second kappa shape index (κ2) is 10.3. The minimum atomic E-state index is -3.77. The Balaban J connectivity index is 2.27. The van der Waals surface area contributed by atoms with E-state index in [1.165, 1.54) is 33.5 Å². The Morgan fingerprint density at radius 3 is 1.97 bits per heavy atom. The molecule has 0 aromatic heterocycles. The fourth-order valence-electron chi connectivity index (χ4n) is 2.85. The molecule has 0 radical (unpaired) electrons. The van der Waals surface area contributed by atoms with Gasteiger partial charge in [0.05, 0.1) is 35.6 Å². The maximum absolute atomic E-state index is 13.0. The zero-order chi connectivity index (χ0) is 21.3. The van der Waals surface area contributed by atoms with Crippen LogP contribution in [0.4, 0.5) is 5.69 Å². The van der Waals surface area contributed by atoms with Crippen molar-refractivity contribution >= 4 is 21.6 Å². The molecule has 0 aliphatic heterocycles. The Morgan fingerprint density at radius 2 is 1.48 bits per heavy atom. The second-order valence-corrected chi connectivity index (χ2v) is 8.00. The highest BCUT2D eigenvalue weighted by Gasteiger charge is 2.24. The summed E-state index contributed by atoms with van der Waals surface area (Å²) in [5.41, 5.74) is 0.872. The number of amides is 1. The minimum absolute atomic E-state index is 0.0837. The van der Waals surface area contributed by atoms with Crippen LogP contribution in [0.1, 0.15) is 30.1 Å². The van der Waals surface area contributed by atoms with Gasteiger partial charge in [-0.15, -0.1) is 0 Å². The molecule has 0 saturated carbocycles. The minimum Gasteiger partial charge on any atom is -0.337 e. The van der Waals surface area contributed by atoms with Crippen LogP contribution in [0.3, 0.4) is 0 Å². The summed E-state index contributed by atoms with van der Waals surface area (Å²) in [6.07, 6.45) is 0.318. The quantitative estimate of drug-likeness (QED) is 0.631. The van der Waals surface area contributed by atoms with E-state index in [0.717, 1.165) is 0 Å². The molecule has 0 aliphatic rings. The first-order valence-corrected chi connectivity index (χ1v) is 10.6. The smallest absolute Gasteiger partial charge is 0.264 e. The molecule has 29 heavy (non-hydrogen) atoms. The van der Waals surface area contributed by atoms with Crippen LogP contribution in [0.5, 0.6) is 0 Å². The molecule has 0 saturated heterocycles. The maximum Gasteiger partial charge on any atom is 0.264 e. The number of rotatable bonds is 9. The van der Waals surface area contributed by atoms with Crippen LogP contribution in [-0.2, 0) is 10.0 Å². The summed E-state index contributed by atoms with van der Waals surface area (Å²) in [6, 6.07) is 18.5. The predicted octanol–water partition coefficient (Wildman–Crippen LogP) is 3.17. The number of carbonyl (C=O) groups is 1. The number of hydrogen-bond acceptors (Lipinski definition) is 5. The van der Waals surface area contributed by atoms with Gasteiger partial charge in [0.15, 0.2) is 0 Å². The van der Waals surface area contributed by atoms with Gasteiger partial charge >= 0.3 is 0 Å². The molecule has 0 bridgehead atoms. The molecule has 150 valence electrons. The molecule has 0 spiro atoms. The first-order valence-electron chi connectivity index (χ1n) is 9.16. The molecule has 0 atom stereocenters. The van der Waals surface area contributed by atoms with Crippen LogP contribution in [0.2, 0.25) is 0 Å². The van der Waals surface area contributed by atoms with E-state index in [0.29, 0.717) is 11.3 Å². The van der Waals surface area contributed by atoms with Gasteiger partial charge in [-0.05, 0) is 43.3 Å². The maximum atomic E-state index is 13.0. The van der Waals surface area contributed by atoms with Crippen molar-refractivity contribution in [2.75, 3.05) is 23.9 Å². The van der Waals surface area contributed by atoms with Gasteiger partial charge in [-0.1, -0.05) is 18.2 Å². The zero-order valence-electron chi connectivity index (χ0n) is 16.2. The van der Waals surface area contributed by atoms with Crippen molar-refractivity contribution in [3.8, 4) is 12.1 Å². The van der Waals surface area contributed by atoms with E-state index >= 15 is 0 Å². The van der Waals surface area contributed by atoms with Crippen LogP contribution in [-0.4, -0.2) is 38.9 Å². The van der Waals surface area contributed by atoms with Gasteiger partial charge in [0.2, 0.25) is 0 Å². The lowest BCUT2D eigenvalue weighted by molar-refractivity contribution is 0.0762. The Kier molecular flexibility index (Phi) is 7.76. The first-order chi connectivity index (χ1) is 14.0. The lowest BCUT2D eigenvalue weighted by atomic mass is 10.2. The lowest BCUT2D eigenvalue weighted by Gasteiger charge is -2.23. The van der Waals surface area contributed by atoms with Gasteiger partial charge in [-0.25, -0.2) is 8.42 Å². The van der Waals surface area contributed by atoms with Crippen LogP contribution < -0.4 is 4.31 Å². The lowest BCUT2D eigenvalue weighted by Crippen LogP contribution is -2.33. The van der Waals surface area contributed by atoms with Gasteiger partial charge in [0.25, 0.3) is 15.9 Å². The van der Waals surface area contributed by atoms with E-state index in [-0.39, 0.29) is 43.3 Å². The van der Waals surface area contributed by atoms with Crippen LogP contribution >= 0.6 is 0 Å². The van der Waals surface area contributed by atoms with Crippen molar-refractivity contribution in [2.45, 2.75) is 24.7 Å². The van der Waals surface area contributed by atoms with Gasteiger partial charge in [0.1, 0.15) is 0 Å². The first kappa shape index (κ1) is 21.9. The second-order valence-electron chi connectivity index (χ2n) is 6.14. The third-order valence-corrected chi connectivity index (χ3v) is 6.21. The van der Waals surface area contributed by atoms with E-state index in [9.17, 15) is 13.2 Å². The summed E-state index contributed by atoms with van der Waals surface area (Å²) in [4.78, 5) is 14.2. The van der Waals surface area contributed by atoms with E-state index in [1.54, 1.807) is 31.2 Å². The Morgan fingerprint density at radius 1 is 0.931 bits per heavy atom. The van der Waals surface area contributed by atoms with Gasteiger partial charge < -0.3 is 4.90 Å². The Hall–Kier alpha value is -3.36. The summed E-state index contributed by atoms with van der Waals surface area (Å²) in [5.74, 6) is -0.338. The highest BCUT2D eigenvalue weighted by Crippen LogP contribution is 2.23. The SMILES string of the molecule is CCN(c1ccccc1)S(=O)(=O)c1ccc(C(=O)N(CCC#N)CCC#N)cc1. The fourth-order valence-corrected chi connectivity index (χ4v) is 4.32. The van der Waals surface area contributed by atoms with Gasteiger partial charge in [-0.2, -0.15) is 10.5 Å². The zero-order valence-corrected chi connectivity index (χ0v) is 17.0. The largest absolute Gasteiger partial charge is 0.337 e.